The zero-order valence-electron chi connectivity index (χ0n) is 15.9. The van der Waals surface area contributed by atoms with E-state index in [4.69, 9.17) is 8.85 Å². The van der Waals surface area contributed by atoms with Gasteiger partial charge < -0.3 is 8.85 Å². The molecule has 0 spiro atoms. The normalized spacial score (nSPS) is 16.4. The smallest absolute Gasteiger partial charge is 0.237 e. The zero-order chi connectivity index (χ0) is 17.6. The van der Waals surface area contributed by atoms with Crippen LogP contribution in [0.5, 0.6) is 0 Å². The Morgan fingerprint density at radius 2 is 0.909 bits per heavy atom. The first-order chi connectivity index (χ1) is 9.88. The molecule has 4 radical (unpaired) electrons. The van der Waals surface area contributed by atoms with Gasteiger partial charge in [0.1, 0.15) is 0 Å². The van der Waals surface area contributed by atoms with Gasteiger partial charge in [0.15, 0.2) is 0 Å². The molecular formula is C16H34O2S2Si2. The Morgan fingerprint density at radius 3 is 1.14 bits per heavy atom. The van der Waals surface area contributed by atoms with Gasteiger partial charge in [-0.25, -0.2) is 0 Å². The van der Waals surface area contributed by atoms with Gasteiger partial charge in [0.05, 0.1) is 10.9 Å². The molecule has 0 saturated carbocycles. The van der Waals surface area contributed by atoms with Crippen molar-refractivity contribution in [1.29, 1.82) is 0 Å². The minimum atomic E-state index is 0.203. The summed E-state index contributed by atoms with van der Waals surface area (Å²) in [5.74, 6) is 1.27. The Labute approximate surface area is 151 Å². The van der Waals surface area contributed by atoms with Crippen molar-refractivity contribution >= 4 is 41.1 Å². The molecule has 0 aliphatic carbocycles. The highest BCUT2D eigenvalue weighted by molar-refractivity contribution is 8.77. The van der Waals surface area contributed by atoms with Gasteiger partial charge >= 0.3 is 0 Å². The third-order valence-corrected chi connectivity index (χ3v) is 10.5. The molecule has 2 atom stereocenters. The van der Waals surface area contributed by atoms with Gasteiger partial charge in [0.25, 0.3) is 0 Å². The van der Waals surface area contributed by atoms with Crippen LogP contribution in [0, 0.1) is 11.8 Å². The van der Waals surface area contributed by atoms with Crippen LogP contribution in [0.2, 0.25) is 10.1 Å². The second kappa shape index (κ2) is 10.1. The van der Waals surface area contributed by atoms with Crippen molar-refractivity contribution in [2.75, 3.05) is 0 Å². The van der Waals surface area contributed by atoms with E-state index >= 15 is 0 Å². The fourth-order valence-corrected chi connectivity index (χ4v) is 4.87. The first kappa shape index (κ1) is 23.1. The van der Waals surface area contributed by atoms with Crippen molar-refractivity contribution in [3.8, 4) is 0 Å². The van der Waals surface area contributed by atoms with E-state index < -0.39 is 0 Å². The molecule has 0 fully saturated rings. The summed E-state index contributed by atoms with van der Waals surface area (Å²) in [6.45, 7) is 22.4. The lowest BCUT2D eigenvalue weighted by Gasteiger charge is -2.29. The van der Waals surface area contributed by atoms with Gasteiger partial charge in [-0.2, -0.15) is 0 Å². The highest BCUT2D eigenvalue weighted by atomic mass is 33.1. The first-order valence-corrected chi connectivity index (χ1v) is 12.2. The third kappa shape index (κ3) is 9.37. The Kier molecular flexibility index (Phi) is 10.6. The lowest BCUT2D eigenvalue weighted by atomic mass is 9.99. The molecule has 6 heteroatoms. The van der Waals surface area contributed by atoms with Gasteiger partial charge in [0, 0.05) is 0 Å². The van der Waals surface area contributed by atoms with Crippen LogP contribution in [0.3, 0.4) is 0 Å². The van der Waals surface area contributed by atoms with E-state index in [9.17, 15) is 0 Å². The second-order valence-electron chi connectivity index (χ2n) is 7.52. The SMILES string of the molecule is CC(O[Si]C(C)(C)C(C)C)SSC(C)O[Si]C(C)(C)C(C)C. The average Bonchev–Trinajstić information content (AvgIpc) is 2.40. The largest absolute Gasteiger partial charge is 0.405 e. The van der Waals surface area contributed by atoms with Crippen molar-refractivity contribution in [2.24, 2.45) is 11.8 Å². The number of hydrogen-bond donors (Lipinski definition) is 0. The fourth-order valence-electron chi connectivity index (χ4n) is 0.901. The van der Waals surface area contributed by atoms with E-state index in [1.165, 1.54) is 0 Å². The van der Waals surface area contributed by atoms with Crippen LogP contribution < -0.4 is 0 Å². The topological polar surface area (TPSA) is 18.5 Å². The Balaban J connectivity index is 3.98. The van der Waals surface area contributed by atoms with Gasteiger partial charge in [-0.15, -0.1) is 0 Å². The molecule has 0 saturated heterocycles. The number of hydrogen-bond acceptors (Lipinski definition) is 4. The fraction of sp³-hybridized carbons (Fsp3) is 1.00. The van der Waals surface area contributed by atoms with Crippen LogP contribution in [0.15, 0.2) is 0 Å². The standard InChI is InChI=1S/C16H34O2S2Si2/c1-11(2)15(7,8)21-17-13(5)19-20-14(6)18-22-16(9,10)12(3)4/h11-14H,1-10H3. The van der Waals surface area contributed by atoms with Crippen molar-refractivity contribution in [1.82, 2.24) is 0 Å². The first-order valence-electron chi connectivity index (χ1n) is 8.06. The van der Waals surface area contributed by atoms with E-state index in [1.54, 1.807) is 21.6 Å². The van der Waals surface area contributed by atoms with Crippen LogP contribution >= 0.6 is 21.6 Å². The number of rotatable bonds is 11. The van der Waals surface area contributed by atoms with Crippen LogP contribution in [0.1, 0.15) is 69.2 Å². The molecule has 0 aromatic rings. The van der Waals surface area contributed by atoms with Crippen LogP contribution in [0.25, 0.3) is 0 Å². The van der Waals surface area contributed by atoms with Gasteiger partial charge in [-0.1, -0.05) is 77.0 Å². The Morgan fingerprint density at radius 1 is 0.636 bits per heavy atom. The van der Waals surface area contributed by atoms with E-state index in [1.807, 2.05) is 0 Å². The lowest BCUT2D eigenvalue weighted by Crippen LogP contribution is -2.25. The summed E-state index contributed by atoms with van der Waals surface area (Å²) in [5, 5.41) is 0.508. The molecule has 0 aliphatic heterocycles. The van der Waals surface area contributed by atoms with Gasteiger partial charge in [0.2, 0.25) is 19.5 Å². The van der Waals surface area contributed by atoms with Crippen LogP contribution in [0.4, 0.5) is 0 Å². The summed E-state index contributed by atoms with van der Waals surface area (Å²) >= 11 is 0. The molecule has 0 bridgehead atoms. The van der Waals surface area contributed by atoms with E-state index in [0.29, 0.717) is 31.4 Å². The molecule has 22 heavy (non-hydrogen) atoms. The Hall–Kier alpha value is 1.05. The molecule has 2 unspecified atom stereocenters. The van der Waals surface area contributed by atoms with Crippen molar-refractivity contribution in [3.05, 3.63) is 0 Å². The molecule has 0 aromatic heterocycles. The quantitative estimate of drug-likeness (QED) is 0.248. The monoisotopic (exact) mass is 378 g/mol. The average molecular weight is 379 g/mol. The highest BCUT2D eigenvalue weighted by Crippen LogP contribution is 2.38. The maximum Gasteiger partial charge on any atom is 0.237 e. The van der Waals surface area contributed by atoms with E-state index in [0.717, 1.165) is 0 Å². The maximum atomic E-state index is 6.02. The molecule has 0 aromatic carbocycles. The van der Waals surface area contributed by atoms with Crippen molar-refractivity contribution in [3.63, 3.8) is 0 Å². The van der Waals surface area contributed by atoms with Crippen LogP contribution in [-0.2, 0) is 8.85 Å². The molecule has 2 nitrogen and oxygen atoms in total. The van der Waals surface area contributed by atoms with Crippen molar-refractivity contribution in [2.45, 2.75) is 90.2 Å². The molecule has 0 N–H and O–H groups in total. The predicted molar refractivity (Wildman–Crippen MR) is 106 cm³/mol. The van der Waals surface area contributed by atoms with Crippen LogP contribution in [-0.4, -0.2) is 30.4 Å². The van der Waals surface area contributed by atoms with Gasteiger partial charge in [-0.3, -0.25) is 0 Å². The minimum Gasteiger partial charge on any atom is -0.405 e. The second-order valence-corrected chi connectivity index (χ2v) is 13.8. The minimum absolute atomic E-state index is 0.203. The summed E-state index contributed by atoms with van der Waals surface area (Å²) < 4.78 is 12.0. The molecule has 0 rings (SSSR count). The highest BCUT2D eigenvalue weighted by Gasteiger charge is 2.27. The summed E-state index contributed by atoms with van der Waals surface area (Å²) in [6, 6.07) is 0. The lowest BCUT2D eigenvalue weighted by molar-refractivity contribution is 0.291. The summed E-state index contributed by atoms with van der Waals surface area (Å²) in [4.78, 5) is 0. The summed E-state index contributed by atoms with van der Waals surface area (Å²) in [7, 11) is 4.63. The molecular weight excluding hydrogens is 344 g/mol. The van der Waals surface area contributed by atoms with E-state index in [2.05, 4.69) is 69.2 Å². The predicted octanol–water partition coefficient (Wildman–Crippen LogP) is 6.04. The maximum absolute atomic E-state index is 6.02. The molecule has 0 heterocycles. The molecule has 0 amide bonds. The summed E-state index contributed by atoms with van der Waals surface area (Å²) in [5.41, 5.74) is 0.405. The Bertz CT molecular complexity index is 281. The van der Waals surface area contributed by atoms with Gasteiger partial charge in [-0.05, 0) is 35.8 Å². The molecule has 0 aliphatic rings. The van der Waals surface area contributed by atoms with E-state index in [-0.39, 0.29) is 20.9 Å². The summed E-state index contributed by atoms with van der Waals surface area (Å²) in [6.07, 6.45) is 0. The third-order valence-electron chi connectivity index (χ3n) is 4.19. The molecule has 130 valence electrons. The zero-order valence-corrected chi connectivity index (χ0v) is 19.6. The van der Waals surface area contributed by atoms with Crippen molar-refractivity contribution < 1.29 is 8.85 Å².